The molecule has 0 atom stereocenters. The molecule has 0 aliphatic heterocycles. The molecule has 0 unspecified atom stereocenters. The van der Waals surface area contributed by atoms with E-state index in [2.05, 4.69) is 0 Å². The van der Waals surface area contributed by atoms with Crippen molar-refractivity contribution in [3.05, 3.63) is 32.7 Å². The van der Waals surface area contributed by atoms with E-state index in [0.29, 0.717) is 5.75 Å². The lowest BCUT2D eigenvalue weighted by molar-refractivity contribution is 0.261. The summed E-state index contributed by atoms with van der Waals surface area (Å²) in [5.41, 5.74) is -0.540. The second-order valence-corrected chi connectivity index (χ2v) is 4.44. The molecule has 0 aromatic carbocycles. The molecule has 0 aliphatic carbocycles. The summed E-state index contributed by atoms with van der Waals surface area (Å²) < 4.78 is 0.916. The highest BCUT2D eigenvalue weighted by molar-refractivity contribution is 8.13. The third-order valence-corrected chi connectivity index (χ3v) is 2.61. The van der Waals surface area contributed by atoms with Crippen LogP contribution in [-0.4, -0.2) is 15.6 Å². The van der Waals surface area contributed by atoms with Crippen molar-refractivity contribution in [2.75, 3.05) is 5.75 Å². The van der Waals surface area contributed by atoms with Crippen LogP contribution in [0.4, 0.5) is 4.79 Å². The SMILES string of the molecule is CCSC(=O)n1cc(Cl)cc(Cl)c1=O. The molecule has 3 nitrogen and oxygen atoms in total. The molecule has 76 valence electrons. The zero-order chi connectivity index (χ0) is 10.7. The predicted molar refractivity (Wildman–Crippen MR) is 59.6 cm³/mol. The Kier molecular flexibility index (Phi) is 4.04. The van der Waals surface area contributed by atoms with Crippen molar-refractivity contribution in [1.29, 1.82) is 0 Å². The van der Waals surface area contributed by atoms with E-state index in [1.807, 2.05) is 6.92 Å². The third-order valence-electron chi connectivity index (χ3n) is 1.40. The van der Waals surface area contributed by atoms with E-state index in [1.54, 1.807) is 0 Å². The van der Waals surface area contributed by atoms with Crippen LogP contribution in [0.3, 0.4) is 0 Å². The average molecular weight is 252 g/mol. The highest BCUT2D eigenvalue weighted by Crippen LogP contribution is 2.13. The Balaban J connectivity index is 3.21. The van der Waals surface area contributed by atoms with Gasteiger partial charge in [0, 0.05) is 6.20 Å². The normalized spacial score (nSPS) is 10.2. The van der Waals surface area contributed by atoms with Crippen LogP contribution in [-0.2, 0) is 0 Å². The molecule has 0 amide bonds. The van der Waals surface area contributed by atoms with E-state index in [-0.39, 0.29) is 15.3 Å². The molecule has 0 N–H and O–H groups in total. The van der Waals surface area contributed by atoms with E-state index in [0.717, 1.165) is 16.3 Å². The molecule has 0 spiro atoms. The fourth-order valence-corrected chi connectivity index (χ4v) is 1.84. The second kappa shape index (κ2) is 4.87. The first-order valence-corrected chi connectivity index (χ1v) is 5.55. The number of carbonyl (C=O) groups is 1. The summed E-state index contributed by atoms with van der Waals surface area (Å²) in [5, 5.41) is -0.163. The number of nitrogens with zero attached hydrogens (tertiary/aromatic N) is 1. The van der Waals surface area contributed by atoms with Crippen LogP contribution in [0.1, 0.15) is 6.92 Å². The van der Waals surface area contributed by atoms with E-state index in [1.165, 1.54) is 12.3 Å². The molecule has 1 rings (SSSR count). The first-order valence-electron chi connectivity index (χ1n) is 3.81. The lowest BCUT2D eigenvalue weighted by Gasteiger charge is -2.03. The maximum absolute atomic E-state index is 11.4. The Morgan fingerprint density at radius 2 is 2.21 bits per heavy atom. The zero-order valence-corrected chi connectivity index (χ0v) is 9.62. The number of thioether (sulfide) groups is 1. The van der Waals surface area contributed by atoms with Crippen molar-refractivity contribution in [2.24, 2.45) is 0 Å². The molecule has 0 fully saturated rings. The summed E-state index contributed by atoms with van der Waals surface area (Å²) >= 11 is 12.3. The second-order valence-electron chi connectivity index (χ2n) is 2.38. The van der Waals surface area contributed by atoms with Crippen LogP contribution < -0.4 is 5.56 Å². The van der Waals surface area contributed by atoms with E-state index < -0.39 is 5.56 Å². The van der Waals surface area contributed by atoms with E-state index >= 15 is 0 Å². The molecule has 1 heterocycles. The van der Waals surface area contributed by atoms with Gasteiger partial charge in [-0.1, -0.05) is 41.9 Å². The highest BCUT2D eigenvalue weighted by Gasteiger charge is 2.10. The van der Waals surface area contributed by atoms with Crippen molar-refractivity contribution < 1.29 is 4.79 Å². The maximum atomic E-state index is 11.4. The summed E-state index contributed by atoms with van der Waals surface area (Å²) in [5.74, 6) is 0.593. The Labute approximate surface area is 95.0 Å². The fourth-order valence-electron chi connectivity index (χ4n) is 0.846. The number of carbonyl (C=O) groups excluding carboxylic acids is 1. The van der Waals surface area contributed by atoms with Gasteiger partial charge in [-0.05, 0) is 11.8 Å². The van der Waals surface area contributed by atoms with E-state index in [4.69, 9.17) is 23.2 Å². The Bertz CT molecular complexity index is 416. The number of pyridine rings is 1. The number of rotatable bonds is 1. The molecule has 0 bridgehead atoms. The summed E-state index contributed by atoms with van der Waals surface area (Å²) in [4.78, 5) is 22.8. The molecule has 0 radical (unpaired) electrons. The first-order chi connectivity index (χ1) is 6.56. The van der Waals surface area contributed by atoms with Gasteiger partial charge in [0.25, 0.3) is 10.8 Å². The smallest absolute Gasteiger partial charge is 0.267 e. The molecule has 0 aliphatic rings. The van der Waals surface area contributed by atoms with Crippen molar-refractivity contribution in [1.82, 2.24) is 4.57 Å². The molecular formula is C8H7Cl2NO2S. The molecule has 1 aromatic rings. The highest BCUT2D eigenvalue weighted by atomic mass is 35.5. The van der Waals surface area contributed by atoms with E-state index in [9.17, 15) is 9.59 Å². The molecule has 0 saturated heterocycles. The van der Waals surface area contributed by atoms with Crippen LogP contribution in [0.2, 0.25) is 10.0 Å². The lowest BCUT2D eigenvalue weighted by atomic mass is 10.5. The summed E-state index contributed by atoms with van der Waals surface area (Å²) in [7, 11) is 0. The summed E-state index contributed by atoms with van der Waals surface area (Å²) in [6.07, 6.45) is 1.26. The van der Waals surface area contributed by atoms with Crippen LogP contribution in [0.25, 0.3) is 0 Å². The van der Waals surface area contributed by atoms with Gasteiger partial charge in [-0.2, -0.15) is 0 Å². The van der Waals surface area contributed by atoms with Crippen molar-refractivity contribution in [3.8, 4) is 0 Å². The summed E-state index contributed by atoms with van der Waals surface area (Å²) in [6.45, 7) is 1.82. The minimum atomic E-state index is -0.540. The average Bonchev–Trinajstić information content (AvgIpc) is 2.11. The lowest BCUT2D eigenvalue weighted by Crippen LogP contribution is -2.24. The first kappa shape index (κ1) is 11.6. The Morgan fingerprint density at radius 3 is 2.79 bits per heavy atom. The van der Waals surface area contributed by atoms with Crippen molar-refractivity contribution in [2.45, 2.75) is 6.92 Å². The van der Waals surface area contributed by atoms with Crippen LogP contribution in [0.5, 0.6) is 0 Å². The van der Waals surface area contributed by atoms with Crippen LogP contribution >= 0.6 is 35.0 Å². The number of hydrogen-bond donors (Lipinski definition) is 0. The van der Waals surface area contributed by atoms with Gasteiger partial charge >= 0.3 is 0 Å². The molecule has 6 heteroatoms. The minimum Gasteiger partial charge on any atom is -0.267 e. The van der Waals surface area contributed by atoms with Gasteiger partial charge < -0.3 is 0 Å². The van der Waals surface area contributed by atoms with Gasteiger partial charge in [0.15, 0.2) is 0 Å². The molecule has 0 saturated carbocycles. The van der Waals surface area contributed by atoms with Gasteiger partial charge in [0.2, 0.25) is 0 Å². The van der Waals surface area contributed by atoms with Gasteiger partial charge in [-0.3, -0.25) is 9.59 Å². The predicted octanol–water partition coefficient (Wildman–Crippen LogP) is 2.88. The Hall–Kier alpha value is -0.450. The monoisotopic (exact) mass is 251 g/mol. The van der Waals surface area contributed by atoms with Gasteiger partial charge in [0.1, 0.15) is 5.02 Å². The summed E-state index contributed by atoms with van der Waals surface area (Å²) in [6, 6.07) is 1.31. The fraction of sp³-hybridized carbons (Fsp3) is 0.250. The Morgan fingerprint density at radius 1 is 1.57 bits per heavy atom. The van der Waals surface area contributed by atoms with Gasteiger partial charge in [-0.25, -0.2) is 4.57 Å². The maximum Gasteiger partial charge on any atom is 0.292 e. The molecular weight excluding hydrogens is 245 g/mol. The molecule has 14 heavy (non-hydrogen) atoms. The third kappa shape index (κ3) is 2.53. The van der Waals surface area contributed by atoms with Crippen LogP contribution in [0.15, 0.2) is 17.1 Å². The topological polar surface area (TPSA) is 39.1 Å². The number of halogens is 2. The minimum absolute atomic E-state index is 0.0532. The van der Waals surface area contributed by atoms with Crippen molar-refractivity contribution >= 4 is 40.2 Å². The van der Waals surface area contributed by atoms with Crippen molar-refractivity contribution in [3.63, 3.8) is 0 Å². The number of hydrogen-bond acceptors (Lipinski definition) is 3. The van der Waals surface area contributed by atoms with Gasteiger partial charge in [0.05, 0.1) is 5.02 Å². The number of aromatic nitrogens is 1. The standard InChI is InChI=1S/C8H7Cl2NO2S/c1-2-14-8(13)11-4-5(9)3-6(10)7(11)12/h3-4H,2H2,1H3. The quantitative estimate of drug-likeness (QED) is 0.771. The van der Waals surface area contributed by atoms with Gasteiger partial charge in [-0.15, -0.1) is 0 Å². The van der Waals surface area contributed by atoms with Crippen LogP contribution in [0, 0.1) is 0 Å². The zero-order valence-electron chi connectivity index (χ0n) is 7.29. The molecule has 1 aromatic heterocycles. The largest absolute Gasteiger partial charge is 0.292 e.